The highest BCUT2D eigenvalue weighted by molar-refractivity contribution is 5.88. The fraction of sp³-hybridized carbons (Fsp3) is 0.737. The van der Waals surface area contributed by atoms with Crippen LogP contribution in [0.2, 0.25) is 0 Å². The van der Waals surface area contributed by atoms with Crippen LogP contribution in [0.15, 0.2) is 6.20 Å². The molecule has 2 saturated heterocycles. The summed E-state index contributed by atoms with van der Waals surface area (Å²) in [5, 5.41) is 5.76. The first-order chi connectivity index (χ1) is 12.5. The largest absolute Gasteiger partial charge is 0.378 e. The van der Waals surface area contributed by atoms with Gasteiger partial charge in [-0.1, -0.05) is 0 Å². The fourth-order valence-corrected chi connectivity index (χ4v) is 4.45. The van der Waals surface area contributed by atoms with E-state index in [0.29, 0.717) is 0 Å². The molecule has 5 rings (SSSR count). The van der Waals surface area contributed by atoms with Crippen LogP contribution < -0.4 is 9.80 Å². The van der Waals surface area contributed by atoms with Gasteiger partial charge < -0.3 is 14.5 Å². The molecule has 2 aliphatic heterocycles. The summed E-state index contributed by atoms with van der Waals surface area (Å²) in [7, 11) is 0. The van der Waals surface area contributed by atoms with Crippen LogP contribution in [0.5, 0.6) is 0 Å². The molecule has 0 bridgehead atoms. The number of hydrogen-bond donors (Lipinski definition) is 0. The topological polar surface area (TPSA) is 59.3 Å². The first-order valence-electron chi connectivity index (χ1n) is 9.84. The van der Waals surface area contributed by atoms with Gasteiger partial charge in [0.15, 0.2) is 5.65 Å². The van der Waals surface area contributed by atoms with Gasteiger partial charge in [0.1, 0.15) is 5.82 Å². The third kappa shape index (κ3) is 2.55. The minimum atomic E-state index is -0.111. The van der Waals surface area contributed by atoms with E-state index >= 15 is 0 Å². The summed E-state index contributed by atoms with van der Waals surface area (Å²) in [6.07, 6.45) is 4.69. The Morgan fingerprint density at radius 2 is 1.69 bits per heavy atom. The van der Waals surface area contributed by atoms with Gasteiger partial charge in [0, 0.05) is 26.2 Å². The highest BCUT2D eigenvalue weighted by atomic mass is 16.5. The Balaban J connectivity index is 1.63. The molecule has 0 N–H and O–H groups in total. The molecular formula is C19H28N6O. The summed E-state index contributed by atoms with van der Waals surface area (Å²) < 4.78 is 7.56. The van der Waals surface area contributed by atoms with E-state index in [9.17, 15) is 0 Å². The van der Waals surface area contributed by atoms with Crippen molar-refractivity contribution in [3.05, 3.63) is 6.20 Å². The van der Waals surface area contributed by atoms with Crippen molar-refractivity contribution in [3.8, 4) is 0 Å². The predicted octanol–water partition coefficient (Wildman–Crippen LogP) is 2.26. The van der Waals surface area contributed by atoms with Gasteiger partial charge in [-0.05, 0) is 45.4 Å². The van der Waals surface area contributed by atoms with Gasteiger partial charge in [-0.15, -0.1) is 0 Å². The lowest BCUT2D eigenvalue weighted by atomic mass is 9.77. The number of morpholine rings is 1. The molecule has 0 unspecified atom stereocenters. The number of aromatic nitrogens is 4. The lowest BCUT2D eigenvalue weighted by Gasteiger charge is -2.28. The van der Waals surface area contributed by atoms with Crippen LogP contribution in [-0.4, -0.2) is 59.1 Å². The second-order valence-corrected chi connectivity index (χ2v) is 8.91. The zero-order valence-corrected chi connectivity index (χ0v) is 16.0. The van der Waals surface area contributed by atoms with Crippen molar-refractivity contribution in [3.63, 3.8) is 0 Å². The van der Waals surface area contributed by atoms with Crippen LogP contribution in [0.4, 0.5) is 11.8 Å². The number of anilines is 2. The molecule has 2 aromatic rings. The number of fused-ring (bicyclic) bond motifs is 2. The van der Waals surface area contributed by atoms with E-state index in [1.54, 1.807) is 0 Å². The molecule has 1 saturated carbocycles. The first-order valence-corrected chi connectivity index (χ1v) is 9.84. The van der Waals surface area contributed by atoms with E-state index in [0.717, 1.165) is 74.0 Å². The molecule has 3 aliphatic rings. The maximum atomic E-state index is 5.51. The van der Waals surface area contributed by atoms with Crippen molar-refractivity contribution >= 4 is 22.8 Å². The molecule has 0 spiro atoms. The van der Waals surface area contributed by atoms with E-state index in [4.69, 9.17) is 14.7 Å². The Labute approximate surface area is 154 Å². The molecule has 0 amide bonds. The first kappa shape index (κ1) is 16.3. The van der Waals surface area contributed by atoms with Crippen LogP contribution >= 0.6 is 0 Å². The predicted molar refractivity (Wildman–Crippen MR) is 102 cm³/mol. The van der Waals surface area contributed by atoms with Gasteiger partial charge in [0.25, 0.3) is 0 Å². The highest BCUT2D eigenvalue weighted by Crippen LogP contribution is 2.43. The second-order valence-electron chi connectivity index (χ2n) is 8.91. The number of rotatable bonds is 2. The van der Waals surface area contributed by atoms with Crippen LogP contribution in [0.25, 0.3) is 11.0 Å². The lowest BCUT2D eigenvalue weighted by molar-refractivity contribution is 0.122. The number of nitrogens with zero attached hydrogens (tertiary/aromatic N) is 6. The Bertz CT molecular complexity index is 807. The smallest absolute Gasteiger partial charge is 0.229 e. The average molecular weight is 356 g/mol. The van der Waals surface area contributed by atoms with E-state index in [2.05, 4.69) is 35.7 Å². The van der Waals surface area contributed by atoms with Crippen LogP contribution in [0.1, 0.15) is 33.6 Å². The van der Waals surface area contributed by atoms with Gasteiger partial charge in [-0.25, -0.2) is 4.68 Å². The molecule has 7 heteroatoms. The third-order valence-electron chi connectivity index (χ3n) is 6.11. The molecule has 3 fully saturated rings. The second kappa shape index (κ2) is 5.81. The Morgan fingerprint density at radius 3 is 2.31 bits per heavy atom. The summed E-state index contributed by atoms with van der Waals surface area (Å²) in [5.74, 6) is 3.59. The van der Waals surface area contributed by atoms with Gasteiger partial charge in [0.05, 0.1) is 30.3 Å². The zero-order valence-electron chi connectivity index (χ0n) is 16.0. The molecule has 1 aliphatic carbocycles. The van der Waals surface area contributed by atoms with Crippen LogP contribution in [0.3, 0.4) is 0 Å². The lowest BCUT2D eigenvalue weighted by Crippen LogP contribution is -2.38. The minimum Gasteiger partial charge on any atom is -0.378 e. The molecule has 26 heavy (non-hydrogen) atoms. The summed E-state index contributed by atoms with van der Waals surface area (Å²) in [6.45, 7) is 11.9. The maximum absolute atomic E-state index is 5.51. The van der Waals surface area contributed by atoms with Gasteiger partial charge in [-0.2, -0.15) is 15.1 Å². The number of ether oxygens (including phenoxy) is 1. The quantitative estimate of drug-likeness (QED) is 0.823. The molecule has 140 valence electrons. The fourth-order valence-electron chi connectivity index (χ4n) is 4.45. The van der Waals surface area contributed by atoms with E-state index in [1.807, 2.05) is 10.9 Å². The van der Waals surface area contributed by atoms with E-state index in [1.165, 1.54) is 12.8 Å². The van der Waals surface area contributed by atoms with Gasteiger partial charge in [0.2, 0.25) is 5.95 Å². The van der Waals surface area contributed by atoms with Gasteiger partial charge in [-0.3, -0.25) is 0 Å². The maximum Gasteiger partial charge on any atom is 0.229 e. The summed E-state index contributed by atoms with van der Waals surface area (Å²) in [5.41, 5.74) is 0.836. The van der Waals surface area contributed by atoms with Crippen molar-refractivity contribution in [1.82, 2.24) is 19.7 Å². The summed E-state index contributed by atoms with van der Waals surface area (Å²) in [6, 6.07) is 0. The highest BCUT2D eigenvalue weighted by Gasteiger charge is 2.40. The average Bonchev–Trinajstić information content (AvgIpc) is 3.16. The van der Waals surface area contributed by atoms with E-state index < -0.39 is 0 Å². The van der Waals surface area contributed by atoms with E-state index in [-0.39, 0.29) is 5.54 Å². The Kier molecular flexibility index (Phi) is 3.64. The van der Waals surface area contributed by atoms with Crippen LogP contribution in [0, 0.1) is 11.8 Å². The molecule has 7 nitrogen and oxygen atoms in total. The normalized spacial score (nSPS) is 26.3. The van der Waals surface area contributed by atoms with Crippen molar-refractivity contribution < 1.29 is 4.74 Å². The zero-order chi connectivity index (χ0) is 17.9. The minimum absolute atomic E-state index is 0.111. The monoisotopic (exact) mass is 356 g/mol. The van der Waals surface area contributed by atoms with Crippen molar-refractivity contribution in [2.24, 2.45) is 11.8 Å². The summed E-state index contributed by atoms with van der Waals surface area (Å²) in [4.78, 5) is 14.7. The summed E-state index contributed by atoms with van der Waals surface area (Å²) >= 11 is 0. The molecule has 0 aromatic carbocycles. The van der Waals surface area contributed by atoms with Gasteiger partial charge >= 0.3 is 0 Å². The molecular weight excluding hydrogens is 328 g/mol. The number of hydrogen-bond acceptors (Lipinski definition) is 6. The van der Waals surface area contributed by atoms with Crippen LogP contribution in [-0.2, 0) is 10.3 Å². The molecule has 4 heterocycles. The molecule has 2 atom stereocenters. The van der Waals surface area contributed by atoms with Crippen molar-refractivity contribution in [1.29, 1.82) is 0 Å². The van der Waals surface area contributed by atoms with Crippen molar-refractivity contribution in [2.75, 3.05) is 49.2 Å². The standard InChI is InChI=1S/C19H28N6O/c1-19(2,3)25-17-15(10-20-25)16(24-11-13-4-5-14(13)12-24)21-18(22-17)23-6-8-26-9-7-23/h10,13-14H,4-9,11-12H2,1-3H3/t13-,14+. The van der Waals surface area contributed by atoms with Crippen molar-refractivity contribution in [2.45, 2.75) is 39.2 Å². The molecule has 0 radical (unpaired) electrons. The third-order valence-corrected chi connectivity index (χ3v) is 6.11. The SMILES string of the molecule is CC(C)(C)n1ncc2c(N3C[C@H]4CC[C@H]4C3)nc(N3CCOCC3)nc21. The Hall–Kier alpha value is -1.89. The molecule has 2 aromatic heterocycles. The Morgan fingerprint density at radius 1 is 1.00 bits per heavy atom.